The third-order valence-corrected chi connectivity index (χ3v) is 2.73. The molecule has 6 heteroatoms. The van der Waals surface area contributed by atoms with Crippen molar-refractivity contribution in [1.29, 1.82) is 0 Å². The second-order valence-electron chi connectivity index (χ2n) is 5.25. The largest absolute Gasteiger partial charge is 0.482 e. The molecular formula is C15H23N3O3. The predicted molar refractivity (Wildman–Crippen MR) is 81.8 cm³/mol. The fourth-order valence-electron chi connectivity index (χ4n) is 1.56. The first-order chi connectivity index (χ1) is 9.90. The minimum atomic E-state index is -0.604. The zero-order chi connectivity index (χ0) is 15.8. The molecule has 1 aromatic carbocycles. The standard InChI is InChI=1S/C15H23N3O3/c1-10(2)8-17-15(20)11(3)18-14(19)9-21-13-7-5-4-6-12(13)16/h4-7,10-11H,8-9,16H2,1-3H3,(H,17,20)(H,18,19). The van der Waals surface area contributed by atoms with E-state index in [0.717, 1.165) is 0 Å². The van der Waals surface area contributed by atoms with Crippen LogP contribution in [0.5, 0.6) is 5.75 Å². The van der Waals surface area contributed by atoms with Crippen LogP contribution in [0.3, 0.4) is 0 Å². The summed E-state index contributed by atoms with van der Waals surface area (Å²) in [5, 5.41) is 5.33. The van der Waals surface area contributed by atoms with Gasteiger partial charge in [0.05, 0.1) is 5.69 Å². The van der Waals surface area contributed by atoms with Crippen LogP contribution in [0.15, 0.2) is 24.3 Å². The van der Waals surface area contributed by atoms with Gasteiger partial charge >= 0.3 is 0 Å². The summed E-state index contributed by atoms with van der Waals surface area (Å²) in [6.07, 6.45) is 0. The van der Waals surface area contributed by atoms with Crippen LogP contribution < -0.4 is 21.1 Å². The zero-order valence-corrected chi connectivity index (χ0v) is 12.7. The number of ether oxygens (including phenoxy) is 1. The van der Waals surface area contributed by atoms with E-state index in [1.54, 1.807) is 31.2 Å². The van der Waals surface area contributed by atoms with Crippen LogP contribution in [0, 0.1) is 5.92 Å². The third-order valence-electron chi connectivity index (χ3n) is 2.73. The first-order valence-electron chi connectivity index (χ1n) is 6.94. The van der Waals surface area contributed by atoms with E-state index in [4.69, 9.17) is 10.5 Å². The SMILES string of the molecule is CC(C)CNC(=O)C(C)NC(=O)COc1ccccc1N. The number of rotatable bonds is 7. The Morgan fingerprint density at radius 2 is 1.90 bits per heavy atom. The second-order valence-corrected chi connectivity index (χ2v) is 5.25. The predicted octanol–water partition coefficient (Wildman–Crippen LogP) is 0.925. The molecule has 0 spiro atoms. The Labute approximate surface area is 125 Å². The van der Waals surface area contributed by atoms with Crippen molar-refractivity contribution in [3.8, 4) is 5.75 Å². The van der Waals surface area contributed by atoms with E-state index in [1.165, 1.54) is 0 Å². The van der Waals surface area contributed by atoms with Crippen molar-refractivity contribution >= 4 is 17.5 Å². The summed E-state index contributed by atoms with van der Waals surface area (Å²) in [5.41, 5.74) is 6.17. The van der Waals surface area contributed by atoms with E-state index in [0.29, 0.717) is 23.9 Å². The number of hydrogen-bond acceptors (Lipinski definition) is 4. The monoisotopic (exact) mass is 293 g/mol. The molecule has 6 nitrogen and oxygen atoms in total. The van der Waals surface area contributed by atoms with Crippen molar-refractivity contribution < 1.29 is 14.3 Å². The number of amides is 2. The summed E-state index contributed by atoms with van der Waals surface area (Å²) in [5.74, 6) is 0.229. The topological polar surface area (TPSA) is 93.5 Å². The number of carbonyl (C=O) groups excluding carboxylic acids is 2. The van der Waals surface area contributed by atoms with Crippen LogP contribution in [-0.2, 0) is 9.59 Å². The van der Waals surface area contributed by atoms with Gasteiger partial charge in [-0.2, -0.15) is 0 Å². The average molecular weight is 293 g/mol. The molecule has 1 rings (SSSR count). The van der Waals surface area contributed by atoms with E-state index in [1.807, 2.05) is 13.8 Å². The lowest BCUT2D eigenvalue weighted by atomic mass is 10.2. The molecule has 0 saturated heterocycles. The summed E-state index contributed by atoms with van der Waals surface area (Å²) in [6.45, 7) is 6.03. The molecule has 1 unspecified atom stereocenters. The summed E-state index contributed by atoms with van der Waals surface area (Å²) in [6, 6.07) is 6.32. The van der Waals surface area contributed by atoms with Crippen molar-refractivity contribution in [2.45, 2.75) is 26.8 Å². The average Bonchev–Trinajstić information content (AvgIpc) is 2.43. The molecule has 0 radical (unpaired) electrons. The maximum Gasteiger partial charge on any atom is 0.258 e. The molecule has 2 amide bonds. The van der Waals surface area contributed by atoms with Crippen LogP contribution in [0.1, 0.15) is 20.8 Å². The first-order valence-corrected chi connectivity index (χ1v) is 6.94. The maximum atomic E-state index is 11.7. The Morgan fingerprint density at radius 1 is 1.24 bits per heavy atom. The second kappa shape index (κ2) is 8.14. The lowest BCUT2D eigenvalue weighted by molar-refractivity contribution is -0.129. The molecule has 1 aromatic rings. The smallest absolute Gasteiger partial charge is 0.258 e. The van der Waals surface area contributed by atoms with Crippen molar-refractivity contribution in [3.63, 3.8) is 0 Å². The fourth-order valence-corrected chi connectivity index (χ4v) is 1.56. The first kappa shape index (κ1) is 16.8. The zero-order valence-electron chi connectivity index (χ0n) is 12.7. The summed E-state index contributed by atoms with van der Waals surface area (Å²) < 4.78 is 5.31. The highest BCUT2D eigenvalue weighted by molar-refractivity contribution is 5.87. The number of benzene rings is 1. The van der Waals surface area contributed by atoms with Gasteiger partial charge in [0.25, 0.3) is 5.91 Å². The number of hydrogen-bond donors (Lipinski definition) is 3. The molecule has 0 saturated carbocycles. The molecule has 4 N–H and O–H groups in total. The molecule has 0 aromatic heterocycles. The van der Waals surface area contributed by atoms with E-state index in [2.05, 4.69) is 10.6 Å². The molecule has 0 bridgehead atoms. The highest BCUT2D eigenvalue weighted by Crippen LogP contribution is 2.19. The molecule has 21 heavy (non-hydrogen) atoms. The van der Waals surface area contributed by atoms with Crippen molar-refractivity contribution in [1.82, 2.24) is 10.6 Å². The fraction of sp³-hybridized carbons (Fsp3) is 0.467. The van der Waals surface area contributed by atoms with Crippen molar-refractivity contribution in [2.24, 2.45) is 5.92 Å². The van der Waals surface area contributed by atoms with Gasteiger partial charge in [0.2, 0.25) is 5.91 Å². The van der Waals surface area contributed by atoms with Gasteiger partial charge in [-0.1, -0.05) is 26.0 Å². The molecule has 0 fully saturated rings. The minimum Gasteiger partial charge on any atom is -0.482 e. The number of carbonyl (C=O) groups is 2. The Hall–Kier alpha value is -2.24. The van der Waals surface area contributed by atoms with Gasteiger partial charge in [-0.05, 0) is 25.0 Å². The van der Waals surface area contributed by atoms with Gasteiger partial charge in [-0.15, -0.1) is 0 Å². The van der Waals surface area contributed by atoms with Gasteiger partial charge in [0.15, 0.2) is 6.61 Å². The summed E-state index contributed by atoms with van der Waals surface area (Å²) >= 11 is 0. The Bertz CT molecular complexity index is 489. The molecule has 0 aliphatic carbocycles. The van der Waals surface area contributed by atoms with Gasteiger partial charge in [-0.25, -0.2) is 0 Å². The number of nitrogens with one attached hydrogen (secondary N) is 2. The van der Waals surface area contributed by atoms with Crippen molar-refractivity contribution in [3.05, 3.63) is 24.3 Å². The minimum absolute atomic E-state index is 0.185. The van der Waals surface area contributed by atoms with E-state index >= 15 is 0 Å². The van der Waals surface area contributed by atoms with Gasteiger partial charge < -0.3 is 21.1 Å². The Morgan fingerprint density at radius 3 is 2.52 bits per heavy atom. The highest BCUT2D eigenvalue weighted by Gasteiger charge is 2.15. The van der Waals surface area contributed by atoms with Crippen LogP contribution in [0.2, 0.25) is 0 Å². The number of nitrogens with two attached hydrogens (primary N) is 1. The highest BCUT2D eigenvalue weighted by atomic mass is 16.5. The van der Waals surface area contributed by atoms with Crippen LogP contribution >= 0.6 is 0 Å². The van der Waals surface area contributed by atoms with Crippen molar-refractivity contribution in [2.75, 3.05) is 18.9 Å². The maximum absolute atomic E-state index is 11.7. The quantitative estimate of drug-likeness (QED) is 0.652. The van der Waals surface area contributed by atoms with Crippen LogP contribution in [0.25, 0.3) is 0 Å². The molecule has 116 valence electrons. The number of para-hydroxylation sites is 2. The lowest BCUT2D eigenvalue weighted by Crippen LogP contribution is -2.47. The van der Waals surface area contributed by atoms with E-state index in [-0.39, 0.29) is 18.4 Å². The van der Waals surface area contributed by atoms with Crippen LogP contribution in [-0.4, -0.2) is 31.0 Å². The molecule has 0 aliphatic heterocycles. The lowest BCUT2D eigenvalue weighted by Gasteiger charge is -2.15. The third kappa shape index (κ3) is 6.16. The van der Waals surface area contributed by atoms with Gasteiger partial charge in [0.1, 0.15) is 11.8 Å². The molecule has 0 heterocycles. The molecular weight excluding hydrogens is 270 g/mol. The molecule has 0 aliphatic rings. The summed E-state index contributed by atoms with van der Waals surface area (Å²) in [4.78, 5) is 23.4. The normalized spacial score (nSPS) is 11.8. The van der Waals surface area contributed by atoms with Gasteiger partial charge in [-0.3, -0.25) is 9.59 Å². The molecule has 1 atom stereocenters. The van der Waals surface area contributed by atoms with E-state index < -0.39 is 6.04 Å². The van der Waals surface area contributed by atoms with Crippen LogP contribution in [0.4, 0.5) is 5.69 Å². The van der Waals surface area contributed by atoms with Gasteiger partial charge in [0, 0.05) is 6.54 Å². The Balaban J connectivity index is 2.36. The summed E-state index contributed by atoms with van der Waals surface area (Å²) in [7, 11) is 0. The number of anilines is 1. The van der Waals surface area contributed by atoms with E-state index in [9.17, 15) is 9.59 Å². The Kier molecular flexibility index (Phi) is 6.52. The number of nitrogen functional groups attached to an aromatic ring is 1.